The highest BCUT2D eigenvalue weighted by molar-refractivity contribution is 6.31. The van der Waals surface area contributed by atoms with Crippen molar-refractivity contribution in [1.29, 1.82) is 0 Å². The van der Waals surface area contributed by atoms with Crippen LogP contribution in [-0.2, 0) is 4.79 Å². The van der Waals surface area contributed by atoms with Crippen molar-refractivity contribution in [1.82, 2.24) is 16.0 Å². The van der Waals surface area contributed by atoms with E-state index in [1.807, 2.05) is 52.0 Å². The summed E-state index contributed by atoms with van der Waals surface area (Å²) >= 11 is 6.24. The van der Waals surface area contributed by atoms with E-state index in [0.29, 0.717) is 17.5 Å². The molecule has 0 saturated carbocycles. The number of nitrogens with zero attached hydrogens (tertiary/aromatic N) is 1. The van der Waals surface area contributed by atoms with Crippen LogP contribution in [0.1, 0.15) is 39.3 Å². The number of carbonyl (C=O) groups is 1. The van der Waals surface area contributed by atoms with Crippen LogP contribution in [0.25, 0.3) is 0 Å². The quantitative estimate of drug-likeness (QED) is 0.552. The minimum Gasteiger partial charge on any atom is -0.359 e. The second-order valence-electron chi connectivity index (χ2n) is 6.05. The Balaban J connectivity index is 2.84. The van der Waals surface area contributed by atoms with E-state index in [0.717, 1.165) is 12.1 Å². The number of guanidine groups is 1. The number of amides is 1. The van der Waals surface area contributed by atoms with Crippen molar-refractivity contribution in [3.63, 3.8) is 0 Å². The Kier molecular flexibility index (Phi) is 7.36. The zero-order valence-corrected chi connectivity index (χ0v) is 15.3. The van der Waals surface area contributed by atoms with Crippen molar-refractivity contribution >= 4 is 23.5 Å². The number of benzene rings is 1. The molecule has 1 aromatic carbocycles. The zero-order chi connectivity index (χ0) is 17.5. The van der Waals surface area contributed by atoms with Gasteiger partial charge in [0.25, 0.3) is 0 Å². The predicted octanol–water partition coefficient (Wildman–Crippen LogP) is 2.73. The van der Waals surface area contributed by atoms with Gasteiger partial charge in [-0.1, -0.05) is 29.8 Å². The number of rotatable bonds is 6. The van der Waals surface area contributed by atoms with E-state index in [1.165, 1.54) is 0 Å². The third-order valence-corrected chi connectivity index (χ3v) is 3.89. The highest BCUT2D eigenvalue weighted by atomic mass is 35.5. The SMILES string of the molecule is CCNC(=NCC(C)(C)C(=O)NC)NC(C)c1ccccc1Cl. The lowest BCUT2D eigenvalue weighted by Gasteiger charge is -2.23. The monoisotopic (exact) mass is 338 g/mol. The van der Waals surface area contributed by atoms with Crippen LogP contribution >= 0.6 is 11.6 Å². The van der Waals surface area contributed by atoms with Crippen molar-refractivity contribution < 1.29 is 4.79 Å². The van der Waals surface area contributed by atoms with Crippen LogP contribution in [0.5, 0.6) is 0 Å². The normalized spacial score (nSPS) is 13.4. The zero-order valence-electron chi connectivity index (χ0n) is 14.5. The van der Waals surface area contributed by atoms with E-state index in [9.17, 15) is 4.79 Å². The molecule has 1 aromatic rings. The van der Waals surface area contributed by atoms with Gasteiger partial charge in [-0.05, 0) is 39.3 Å². The number of hydrogen-bond donors (Lipinski definition) is 3. The molecule has 0 spiro atoms. The maximum atomic E-state index is 11.9. The van der Waals surface area contributed by atoms with E-state index >= 15 is 0 Å². The first-order valence-electron chi connectivity index (χ1n) is 7.83. The first kappa shape index (κ1) is 19.3. The van der Waals surface area contributed by atoms with Crippen LogP contribution in [0.4, 0.5) is 0 Å². The number of aliphatic imine (C=N–C) groups is 1. The Labute approximate surface area is 143 Å². The summed E-state index contributed by atoms with van der Waals surface area (Å²) in [6.45, 7) is 8.89. The lowest BCUT2D eigenvalue weighted by molar-refractivity contribution is -0.128. The van der Waals surface area contributed by atoms with Crippen LogP contribution in [0, 0.1) is 5.41 Å². The van der Waals surface area contributed by atoms with Crippen LogP contribution < -0.4 is 16.0 Å². The Morgan fingerprint density at radius 3 is 2.57 bits per heavy atom. The molecule has 5 nitrogen and oxygen atoms in total. The summed E-state index contributed by atoms with van der Waals surface area (Å²) in [5, 5.41) is 9.91. The summed E-state index contributed by atoms with van der Waals surface area (Å²) in [7, 11) is 1.64. The standard InChI is InChI=1S/C17H27ClN4O/c1-6-20-16(21-11-17(3,4)15(23)19-5)22-12(2)13-9-7-8-10-14(13)18/h7-10,12H,6,11H2,1-5H3,(H,19,23)(H2,20,21,22). The smallest absolute Gasteiger partial charge is 0.227 e. The van der Waals surface area contributed by atoms with Crippen LogP contribution in [0.3, 0.4) is 0 Å². The molecule has 0 aliphatic carbocycles. The van der Waals surface area contributed by atoms with Crippen molar-refractivity contribution in [2.45, 2.75) is 33.7 Å². The Hall–Kier alpha value is -1.75. The molecule has 1 atom stereocenters. The second-order valence-corrected chi connectivity index (χ2v) is 6.45. The number of hydrogen-bond acceptors (Lipinski definition) is 2. The van der Waals surface area contributed by atoms with Crippen molar-refractivity contribution in [2.75, 3.05) is 20.1 Å². The van der Waals surface area contributed by atoms with E-state index in [2.05, 4.69) is 20.9 Å². The first-order chi connectivity index (χ1) is 10.8. The molecule has 0 aromatic heterocycles. The summed E-state index contributed by atoms with van der Waals surface area (Å²) in [5.74, 6) is 0.633. The minimum absolute atomic E-state index is 0.00427. The average Bonchev–Trinajstić information content (AvgIpc) is 2.52. The summed E-state index contributed by atoms with van der Waals surface area (Å²) in [6.07, 6.45) is 0. The van der Waals surface area contributed by atoms with Gasteiger partial charge in [-0.2, -0.15) is 0 Å². The van der Waals surface area contributed by atoms with Gasteiger partial charge >= 0.3 is 0 Å². The van der Waals surface area contributed by atoms with E-state index in [1.54, 1.807) is 7.05 Å². The molecule has 0 bridgehead atoms. The van der Waals surface area contributed by atoms with Gasteiger partial charge in [0, 0.05) is 18.6 Å². The Morgan fingerprint density at radius 2 is 2.00 bits per heavy atom. The minimum atomic E-state index is -0.565. The fraction of sp³-hybridized carbons (Fsp3) is 0.529. The van der Waals surface area contributed by atoms with Gasteiger partial charge in [0.05, 0.1) is 18.0 Å². The van der Waals surface area contributed by atoms with Crippen molar-refractivity contribution in [3.8, 4) is 0 Å². The van der Waals surface area contributed by atoms with Crippen LogP contribution in [-0.4, -0.2) is 32.0 Å². The molecule has 0 fully saturated rings. The first-order valence-corrected chi connectivity index (χ1v) is 8.21. The Bertz CT molecular complexity index is 557. The largest absolute Gasteiger partial charge is 0.359 e. The van der Waals surface area contributed by atoms with E-state index in [-0.39, 0.29) is 11.9 Å². The summed E-state index contributed by atoms with van der Waals surface area (Å²) in [4.78, 5) is 16.4. The molecule has 0 heterocycles. The van der Waals surface area contributed by atoms with E-state index in [4.69, 9.17) is 11.6 Å². The Morgan fingerprint density at radius 1 is 1.35 bits per heavy atom. The van der Waals surface area contributed by atoms with Gasteiger partial charge in [-0.15, -0.1) is 0 Å². The van der Waals surface area contributed by atoms with Crippen LogP contribution in [0.2, 0.25) is 5.02 Å². The summed E-state index contributed by atoms with van der Waals surface area (Å²) in [5.41, 5.74) is 0.440. The lowest BCUT2D eigenvalue weighted by atomic mass is 9.93. The van der Waals surface area contributed by atoms with E-state index < -0.39 is 5.41 Å². The molecule has 3 N–H and O–H groups in total. The summed E-state index contributed by atoms with van der Waals surface area (Å²) in [6, 6.07) is 7.72. The van der Waals surface area contributed by atoms with Crippen LogP contribution in [0.15, 0.2) is 29.3 Å². The molecule has 0 radical (unpaired) electrons. The van der Waals surface area contributed by atoms with Gasteiger partial charge in [0.15, 0.2) is 5.96 Å². The van der Waals surface area contributed by atoms with Crippen molar-refractivity contribution in [2.24, 2.45) is 10.4 Å². The van der Waals surface area contributed by atoms with Gasteiger partial charge in [0.2, 0.25) is 5.91 Å². The fourth-order valence-electron chi connectivity index (χ4n) is 2.12. The highest BCUT2D eigenvalue weighted by Crippen LogP contribution is 2.22. The molecule has 1 rings (SSSR count). The van der Waals surface area contributed by atoms with Crippen molar-refractivity contribution in [3.05, 3.63) is 34.9 Å². The molecular formula is C17H27ClN4O. The van der Waals surface area contributed by atoms with Gasteiger partial charge in [0.1, 0.15) is 0 Å². The topological polar surface area (TPSA) is 65.5 Å². The second kappa shape index (κ2) is 8.77. The molecule has 1 amide bonds. The third kappa shape index (κ3) is 5.75. The lowest BCUT2D eigenvalue weighted by Crippen LogP contribution is -2.41. The molecule has 1 unspecified atom stereocenters. The molecule has 0 aliphatic rings. The number of nitrogens with one attached hydrogen (secondary N) is 3. The molecular weight excluding hydrogens is 312 g/mol. The van der Waals surface area contributed by atoms with Gasteiger partial charge in [-0.25, -0.2) is 0 Å². The molecule has 0 saturated heterocycles. The third-order valence-electron chi connectivity index (χ3n) is 3.54. The highest BCUT2D eigenvalue weighted by Gasteiger charge is 2.26. The molecule has 0 aliphatic heterocycles. The average molecular weight is 339 g/mol. The molecule has 23 heavy (non-hydrogen) atoms. The maximum absolute atomic E-state index is 11.9. The number of halogens is 1. The maximum Gasteiger partial charge on any atom is 0.227 e. The summed E-state index contributed by atoms with van der Waals surface area (Å²) < 4.78 is 0. The molecule has 6 heteroatoms. The van der Waals surface area contributed by atoms with Gasteiger partial charge in [-0.3, -0.25) is 9.79 Å². The van der Waals surface area contributed by atoms with Gasteiger partial charge < -0.3 is 16.0 Å². The number of carbonyl (C=O) groups excluding carboxylic acids is 1. The fourth-order valence-corrected chi connectivity index (χ4v) is 2.42. The predicted molar refractivity (Wildman–Crippen MR) is 96.8 cm³/mol. The molecule has 128 valence electrons.